The van der Waals surface area contributed by atoms with Crippen LogP contribution in [0, 0.1) is 0 Å². The number of phosphoric acid groups is 1. The molecule has 0 saturated heterocycles. The summed E-state index contributed by atoms with van der Waals surface area (Å²) < 4.78 is 23.5. The molecule has 0 bridgehead atoms. The molecule has 8 nitrogen and oxygen atoms in total. The first kappa shape index (κ1) is 52.7. The number of quaternary nitrogens is 1. The number of hydrogen-bond donors (Lipinski definition) is 3. The number of nitrogens with zero attached hydrogens (tertiary/aromatic N) is 1. The second-order valence-electron chi connectivity index (χ2n) is 16.4. The van der Waals surface area contributed by atoms with Gasteiger partial charge >= 0.3 is 7.82 Å². The van der Waals surface area contributed by atoms with Gasteiger partial charge in [-0.05, 0) is 57.8 Å². The Balaban J connectivity index is 4.45. The first-order valence-corrected chi connectivity index (χ1v) is 23.9. The van der Waals surface area contributed by atoms with Gasteiger partial charge in [0.15, 0.2) is 0 Å². The monoisotopic (exact) mass is 784 g/mol. The van der Waals surface area contributed by atoms with Crippen molar-refractivity contribution in [2.24, 2.45) is 0 Å². The van der Waals surface area contributed by atoms with Gasteiger partial charge in [-0.3, -0.25) is 13.8 Å². The Bertz CT molecular complexity index is 980. The van der Waals surface area contributed by atoms with Gasteiger partial charge in [-0.1, -0.05) is 166 Å². The molecule has 0 spiro atoms. The van der Waals surface area contributed by atoms with Crippen LogP contribution in [-0.4, -0.2) is 73.4 Å². The lowest BCUT2D eigenvalue weighted by Crippen LogP contribution is -2.45. The molecule has 0 radical (unpaired) electrons. The molecule has 3 unspecified atom stereocenters. The van der Waals surface area contributed by atoms with Crippen LogP contribution in [0.25, 0.3) is 0 Å². The van der Waals surface area contributed by atoms with Crippen molar-refractivity contribution in [2.45, 2.75) is 206 Å². The Morgan fingerprint density at radius 3 is 1.48 bits per heavy atom. The minimum Gasteiger partial charge on any atom is -0.387 e. The Morgan fingerprint density at radius 1 is 0.611 bits per heavy atom. The van der Waals surface area contributed by atoms with E-state index in [2.05, 4.69) is 43.5 Å². The molecule has 0 aliphatic rings. The Morgan fingerprint density at radius 2 is 1.02 bits per heavy atom. The third-order valence-electron chi connectivity index (χ3n) is 9.83. The summed E-state index contributed by atoms with van der Waals surface area (Å²) >= 11 is 0. The van der Waals surface area contributed by atoms with E-state index in [1.165, 1.54) is 135 Å². The van der Waals surface area contributed by atoms with E-state index in [0.717, 1.165) is 38.5 Å². The first-order chi connectivity index (χ1) is 26.0. The predicted molar refractivity (Wildman–Crippen MR) is 231 cm³/mol. The molecule has 0 heterocycles. The van der Waals surface area contributed by atoms with E-state index in [-0.39, 0.29) is 19.1 Å². The standard InChI is InChI=1S/C45H87N2O6P/c1-6-8-10-12-14-16-18-20-22-23-24-25-27-29-31-33-35-37-39-45(49)46-43(42-53-54(50,51)52-41-40-47(3,4)5)44(48)38-36-34-32-30-28-26-21-19-17-15-13-11-9-7-2/h22-23,28,30,36,38,43-44,48H,6-21,24-27,29,31-35,37,39-42H2,1-5H3,(H-,46,49,50,51)/p+1/b23-22-,30-28+,38-36+. The van der Waals surface area contributed by atoms with Crippen molar-refractivity contribution in [3.8, 4) is 0 Å². The maximum atomic E-state index is 12.9. The van der Waals surface area contributed by atoms with E-state index < -0.39 is 20.0 Å². The fourth-order valence-corrected chi connectivity index (χ4v) is 6.96. The highest BCUT2D eigenvalue weighted by molar-refractivity contribution is 7.47. The van der Waals surface area contributed by atoms with Gasteiger partial charge in [0.05, 0.1) is 39.9 Å². The van der Waals surface area contributed by atoms with Crippen molar-refractivity contribution in [3.63, 3.8) is 0 Å². The molecule has 0 aliphatic heterocycles. The molecule has 0 aromatic heterocycles. The minimum absolute atomic E-state index is 0.0553. The molecule has 1 amide bonds. The number of hydrogen-bond acceptors (Lipinski definition) is 5. The zero-order valence-electron chi connectivity index (χ0n) is 36.0. The van der Waals surface area contributed by atoms with Crippen molar-refractivity contribution in [1.82, 2.24) is 5.32 Å². The Hall–Kier alpha value is -1.28. The number of phosphoric ester groups is 1. The van der Waals surface area contributed by atoms with Crippen LogP contribution >= 0.6 is 7.82 Å². The van der Waals surface area contributed by atoms with Crippen LogP contribution in [0.1, 0.15) is 194 Å². The average molecular weight is 784 g/mol. The molecule has 54 heavy (non-hydrogen) atoms. The number of carbonyl (C=O) groups excluding carboxylic acids is 1. The summed E-state index contributed by atoms with van der Waals surface area (Å²) in [7, 11) is 1.55. The number of amides is 1. The van der Waals surface area contributed by atoms with E-state index in [0.29, 0.717) is 17.4 Å². The highest BCUT2D eigenvalue weighted by atomic mass is 31.2. The van der Waals surface area contributed by atoms with Crippen LogP contribution in [0.4, 0.5) is 0 Å². The minimum atomic E-state index is -4.34. The maximum absolute atomic E-state index is 12.9. The van der Waals surface area contributed by atoms with Crippen LogP contribution in [0.5, 0.6) is 0 Å². The molecule has 0 rings (SSSR count). The fourth-order valence-electron chi connectivity index (χ4n) is 6.23. The molecule has 318 valence electrons. The van der Waals surface area contributed by atoms with Gasteiger partial charge in [0.25, 0.3) is 0 Å². The van der Waals surface area contributed by atoms with Crippen molar-refractivity contribution in [2.75, 3.05) is 40.9 Å². The molecule has 0 aromatic rings. The topological polar surface area (TPSA) is 105 Å². The van der Waals surface area contributed by atoms with Crippen molar-refractivity contribution < 1.29 is 32.9 Å². The van der Waals surface area contributed by atoms with Gasteiger partial charge in [-0.25, -0.2) is 4.57 Å². The molecule has 9 heteroatoms. The van der Waals surface area contributed by atoms with Crippen LogP contribution in [0.15, 0.2) is 36.5 Å². The summed E-state index contributed by atoms with van der Waals surface area (Å²) in [6.45, 7) is 4.78. The number of likely N-dealkylation sites (N-methyl/N-ethyl adjacent to an activating group) is 1. The van der Waals surface area contributed by atoms with E-state index in [4.69, 9.17) is 9.05 Å². The number of allylic oxidation sites excluding steroid dienone is 5. The summed E-state index contributed by atoms with van der Waals surface area (Å²) in [4.78, 5) is 23.1. The second-order valence-corrected chi connectivity index (χ2v) is 17.9. The highest BCUT2D eigenvalue weighted by Crippen LogP contribution is 2.43. The van der Waals surface area contributed by atoms with E-state index in [1.807, 2.05) is 27.2 Å². The van der Waals surface area contributed by atoms with Gasteiger partial charge < -0.3 is 19.8 Å². The Labute approximate surface area is 334 Å². The molecule has 0 saturated carbocycles. The lowest BCUT2D eigenvalue weighted by atomic mass is 10.1. The molecular formula is C45H88N2O6P+. The third-order valence-corrected chi connectivity index (χ3v) is 10.8. The van der Waals surface area contributed by atoms with Crippen LogP contribution in [0.2, 0.25) is 0 Å². The lowest BCUT2D eigenvalue weighted by Gasteiger charge is -2.25. The van der Waals surface area contributed by atoms with Crippen LogP contribution < -0.4 is 5.32 Å². The molecular weight excluding hydrogens is 695 g/mol. The average Bonchev–Trinajstić information content (AvgIpc) is 3.12. The van der Waals surface area contributed by atoms with Crippen LogP contribution in [0.3, 0.4) is 0 Å². The molecule has 3 N–H and O–H groups in total. The predicted octanol–water partition coefficient (Wildman–Crippen LogP) is 12.3. The maximum Gasteiger partial charge on any atom is 0.472 e. The number of rotatable bonds is 40. The van der Waals surface area contributed by atoms with Gasteiger partial charge in [-0.2, -0.15) is 0 Å². The van der Waals surface area contributed by atoms with E-state index in [9.17, 15) is 19.4 Å². The van der Waals surface area contributed by atoms with Crippen molar-refractivity contribution in [3.05, 3.63) is 36.5 Å². The zero-order valence-corrected chi connectivity index (χ0v) is 36.9. The zero-order chi connectivity index (χ0) is 40.0. The van der Waals surface area contributed by atoms with Gasteiger partial charge in [0.1, 0.15) is 13.2 Å². The lowest BCUT2D eigenvalue weighted by molar-refractivity contribution is -0.870. The second kappa shape index (κ2) is 37.3. The van der Waals surface area contributed by atoms with Gasteiger partial charge in [0.2, 0.25) is 5.91 Å². The number of aliphatic hydroxyl groups excluding tert-OH is 1. The largest absolute Gasteiger partial charge is 0.472 e. The molecule has 0 fully saturated rings. The summed E-state index contributed by atoms with van der Waals surface area (Å²) in [5.41, 5.74) is 0. The highest BCUT2D eigenvalue weighted by Gasteiger charge is 2.27. The van der Waals surface area contributed by atoms with Crippen molar-refractivity contribution >= 4 is 13.7 Å². The Kier molecular flexibility index (Phi) is 36.4. The number of nitrogens with one attached hydrogen (secondary N) is 1. The number of unbranched alkanes of at least 4 members (excludes halogenated alkanes) is 23. The quantitative estimate of drug-likeness (QED) is 0.0247. The summed E-state index contributed by atoms with van der Waals surface area (Å²) in [5, 5.41) is 13.8. The number of aliphatic hydroxyl groups is 1. The summed E-state index contributed by atoms with van der Waals surface area (Å²) in [5.74, 6) is -0.193. The first-order valence-electron chi connectivity index (χ1n) is 22.4. The molecule has 0 aliphatic carbocycles. The van der Waals surface area contributed by atoms with Gasteiger partial charge in [0, 0.05) is 6.42 Å². The van der Waals surface area contributed by atoms with Crippen molar-refractivity contribution in [1.29, 1.82) is 0 Å². The molecule has 0 aromatic carbocycles. The van der Waals surface area contributed by atoms with Crippen LogP contribution in [-0.2, 0) is 18.4 Å². The van der Waals surface area contributed by atoms with E-state index in [1.54, 1.807) is 6.08 Å². The SMILES string of the molecule is CCCCCCCCC/C=C\CCCCCCCCCC(=O)NC(COP(=O)(O)OCC[N+](C)(C)C)C(O)/C=C/CC/C=C/CCCCCCCCCC. The summed E-state index contributed by atoms with van der Waals surface area (Å²) in [6, 6.07) is -0.863. The summed E-state index contributed by atoms with van der Waals surface area (Å²) in [6.07, 6.45) is 45.0. The van der Waals surface area contributed by atoms with E-state index >= 15 is 0 Å². The fraction of sp³-hybridized carbons (Fsp3) is 0.844. The van der Waals surface area contributed by atoms with Gasteiger partial charge in [-0.15, -0.1) is 0 Å². The smallest absolute Gasteiger partial charge is 0.387 e. The normalized spacial score (nSPS) is 14.7. The third kappa shape index (κ3) is 39.0. The number of carbonyl (C=O) groups is 1. The molecule has 3 atom stereocenters.